The molecule has 0 saturated carbocycles. The molecule has 0 aliphatic rings. The van der Waals surface area contributed by atoms with Gasteiger partial charge in [-0.05, 0) is 18.6 Å². The van der Waals surface area contributed by atoms with Crippen molar-refractivity contribution in [2.24, 2.45) is 5.73 Å². The molecule has 1 aromatic carbocycles. The molecule has 0 aliphatic carbocycles. The number of aromatic hydroxyl groups is 1. The number of nitrogens with two attached hydrogens (primary N) is 2. The predicted molar refractivity (Wildman–Crippen MR) is 58.1 cm³/mol. The highest BCUT2D eigenvalue weighted by Crippen LogP contribution is 2.29. The third-order valence-corrected chi connectivity index (χ3v) is 2.27. The van der Waals surface area contributed by atoms with Gasteiger partial charge >= 0.3 is 5.97 Å². The van der Waals surface area contributed by atoms with E-state index in [0.29, 0.717) is 5.56 Å². The monoisotopic (exact) mass is 226 g/mol. The van der Waals surface area contributed by atoms with Gasteiger partial charge in [-0.3, -0.25) is 0 Å². The van der Waals surface area contributed by atoms with E-state index in [2.05, 4.69) is 0 Å². The zero-order valence-corrected chi connectivity index (χ0v) is 8.55. The Hall–Kier alpha value is -1.79. The van der Waals surface area contributed by atoms with Gasteiger partial charge in [-0.15, -0.1) is 0 Å². The fourth-order valence-corrected chi connectivity index (χ4v) is 1.40. The van der Waals surface area contributed by atoms with Gasteiger partial charge in [0.2, 0.25) is 0 Å². The van der Waals surface area contributed by atoms with Crippen molar-refractivity contribution in [3.05, 3.63) is 23.3 Å². The molecule has 0 heterocycles. The number of carboxylic acids is 1. The van der Waals surface area contributed by atoms with Crippen LogP contribution in [0.15, 0.2) is 12.1 Å². The lowest BCUT2D eigenvalue weighted by atomic mass is 10.0. The van der Waals surface area contributed by atoms with E-state index < -0.39 is 12.0 Å². The van der Waals surface area contributed by atoms with E-state index in [0.717, 1.165) is 6.07 Å². The van der Waals surface area contributed by atoms with Gasteiger partial charge in [0.25, 0.3) is 0 Å². The number of anilines is 1. The molecule has 0 aliphatic heterocycles. The van der Waals surface area contributed by atoms with Crippen molar-refractivity contribution in [3.63, 3.8) is 0 Å². The summed E-state index contributed by atoms with van der Waals surface area (Å²) in [5, 5.41) is 27.1. The molecular weight excluding hydrogens is 212 g/mol. The van der Waals surface area contributed by atoms with Gasteiger partial charge in [-0.25, -0.2) is 4.79 Å². The molecule has 16 heavy (non-hydrogen) atoms. The number of nitrogen functional groups attached to an aromatic ring is 1. The minimum Gasteiger partial charge on any atom is -0.508 e. The minimum atomic E-state index is -1.21. The maximum atomic E-state index is 10.7. The molecule has 1 rings (SSSR count). The number of phenols is 1. The lowest BCUT2D eigenvalue weighted by Crippen LogP contribution is -2.13. The summed E-state index contributed by atoms with van der Waals surface area (Å²) in [5.41, 5.74) is 11.4. The number of benzene rings is 1. The number of hydrogen-bond donors (Lipinski definition) is 5. The van der Waals surface area contributed by atoms with Crippen LogP contribution >= 0.6 is 0 Å². The molecule has 0 aromatic heterocycles. The number of aromatic carboxylic acids is 1. The van der Waals surface area contributed by atoms with Gasteiger partial charge in [0.15, 0.2) is 0 Å². The van der Waals surface area contributed by atoms with Gasteiger partial charge in [0.1, 0.15) is 5.75 Å². The summed E-state index contributed by atoms with van der Waals surface area (Å²) in [6.07, 6.45) is 0.263. The molecule has 6 heteroatoms. The van der Waals surface area contributed by atoms with Crippen LogP contribution in [0.3, 0.4) is 0 Å². The van der Waals surface area contributed by atoms with Crippen LogP contribution < -0.4 is 11.5 Å². The number of carboxylic acid groups (broad SMARTS) is 1. The van der Waals surface area contributed by atoms with Crippen LogP contribution in [0.2, 0.25) is 0 Å². The minimum absolute atomic E-state index is 0.0358. The fourth-order valence-electron chi connectivity index (χ4n) is 1.40. The zero-order valence-electron chi connectivity index (χ0n) is 8.55. The zero-order chi connectivity index (χ0) is 12.3. The standard InChI is InChI=1S/C10H14N2O4/c11-7(1-2-13)5-3-8(12)6(10(15)16)4-9(5)14/h3-4,7,13-14H,1-2,11-12H2,(H,15,16). The first-order chi connectivity index (χ1) is 7.47. The second-order valence-corrected chi connectivity index (χ2v) is 3.42. The van der Waals surface area contributed by atoms with E-state index in [1.165, 1.54) is 6.07 Å². The van der Waals surface area contributed by atoms with Crippen molar-refractivity contribution in [1.82, 2.24) is 0 Å². The van der Waals surface area contributed by atoms with Crippen molar-refractivity contribution in [1.29, 1.82) is 0 Å². The van der Waals surface area contributed by atoms with Crippen LogP contribution in [0.4, 0.5) is 5.69 Å². The number of phenolic OH excluding ortho intramolecular Hbond substituents is 1. The summed E-state index contributed by atoms with van der Waals surface area (Å²) in [6.45, 7) is -0.124. The highest BCUT2D eigenvalue weighted by Gasteiger charge is 2.16. The molecule has 7 N–H and O–H groups in total. The quantitative estimate of drug-likeness (QED) is 0.364. The molecule has 6 nitrogen and oxygen atoms in total. The van der Waals surface area contributed by atoms with E-state index in [1.807, 2.05) is 0 Å². The first-order valence-corrected chi connectivity index (χ1v) is 4.69. The normalized spacial score (nSPS) is 12.4. The molecule has 0 amide bonds. The topological polar surface area (TPSA) is 130 Å². The smallest absolute Gasteiger partial charge is 0.337 e. The molecule has 0 fully saturated rings. The van der Waals surface area contributed by atoms with Crippen LogP contribution in [0.5, 0.6) is 5.75 Å². The second-order valence-electron chi connectivity index (χ2n) is 3.42. The molecule has 1 aromatic rings. The van der Waals surface area contributed by atoms with Gasteiger partial charge in [-0.2, -0.15) is 0 Å². The van der Waals surface area contributed by atoms with E-state index >= 15 is 0 Å². The molecule has 0 bridgehead atoms. The Kier molecular flexibility index (Phi) is 3.70. The number of aliphatic hydroxyl groups is 1. The van der Waals surface area contributed by atoms with Gasteiger partial charge in [0, 0.05) is 23.9 Å². The second kappa shape index (κ2) is 4.82. The first-order valence-electron chi connectivity index (χ1n) is 4.69. The van der Waals surface area contributed by atoms with Crippen molar-refractivity contribution in [2.75, 3.05) is 12.3 Å². The molecule has 88 valence electrons. The number of aliphatic hydroxyl groups excluding tert-OH is 1. The molecule has 0 spiro atoms. The maximum absolute atomic E-state index is 10.7. The average Bonchev–Trinajstić information content (AvgIpc) is 2.20. The van der Waals surface area contributed by atoms with Crippen LogP contribution in [-0.4, -0.2) is 27.9 Å². The Bertz CT molecular complexity index is 406. The van der Waals surface area contributed by atoms with Gasteiger partial charge in [0.05, 0.1) is 5.56 Å². The van der Waals surface area contributed by atoms with Gasteiger partial charge in [-0.1, -0.05) is 0 Å². The Labute approximate surface area is 92.1 Å². The van der Waals surface area contributed by atoms with E-state index in [9.17, 15) is 9.90 Å². The third-order valence-electron chi connectivity index (χ3n) is 2.27. The maximum Gasteiger partial charge on any atom is 0.337 e. The summed E-state index contributed by atoms with van der Waals surface area (Å²) < 4.78 is 0. The van der Waals surface area contributed by atoms with Crippen molar-refractivity contribution >= 4 is 11.7 Å². The van der Waals surface area contributed by atoms with Crippen molar-refractivity contribution in [2.45, 2.75) is 12.5 Å². The average molecular weight is 226 g/mol. The Morgan fingerprint density at radius 2 is 2.06 bits per heavy atom. The number of carbonyl (C=O) groups is 1. The molecule has 1 unspecified atom stereocenters. The number of hydrogen-bond acceptors (Lipinski definition) is 5. The molecular formula is C10H14N2O4. The largest absolute Gasteiger partial charge is 0.508 e. The molecule has 1 atom stereocenters. The fraction of sp³-hybridized carbons (Fsp3) is 0.300. The summed E-state index contributed by atoms with van der Waals surface area (Å²) in [5.74, 6) is -1.44. The first kappa shape index (κ1) is 12.3. The predicted octanol–water partition coefficient (Wildman–Crippen LogP) is 0.0548. The lowest BCUT2D eigenvalue weighted by molar-refractivity contribution is 0.0697. The van der Waals surface area contributed by atoms with Gasteiger partial charge < -0.3 is 26.8 Å². The number of rotatable bonds is 4. The van der Waals surface area contributed by atoms with Crippen LogP contribution in [0.25, 0.3) is 0 Å². The molecule has 0 saturated heterocycles. The highest BCUT2D eigenvalue weighted by atomic mass is 16.4. The van der Waals surface area contributed by atoms with E-state index in [-0.39, 0.29) is 30.0 Å². The van der Waals surface area contributed by atoms with Crippen LogP contribution in [-0.2, 0) is 0 Å². The van der Waals surface area contributed by atoms with Crippen LogP contribution in [0, 0.1) is 0 Å². The molecule has 0 radical (unpaired) electrons. The summed E-state index contributed by atoms with van der Waals surface area (Å²) in [7, 11) is 0. The summed E-state index contributed by atoms with van der Waals surface area (Å²) in [4.78, 5) is 10.7. The van der Waals surface area contributed by atoms with Crippen molar-refractivity contribution in [3.8, 4) is 5.75 Å². The van der Waals surface area contributed by atoms with E-state index in [1.54, 1.807) is 0 Å². The Balaban J connectivity index is 3.15. The Morgan fingerprint density at radius 3 is 2.56 bits per heavy atom. The summed E-state index contributed by atoms with van der Waals surface area (Å²) >= 11 is 0. The van der Waals surface area contributed by atoms with Crippen LogP contribution in [0.1, 0.15) is 28.4 Å². The van der Waals surface area contributed by atoms with Crippen molar-refractivity contribution < 1.29 is 20.1 Å². The Morgan fingerprint density at radius 1 is 1.44 bits per heavy atom. The highest BCUT2D eigenvalue weighted by molar-refractivity contribution is 5.94. The third kappa shape index (κ3) is 2.41. The summed E-state index contributed by atoms with van der Waals surface area (Å²) in [6, 6.07) is 1.80. The van der Waals surface area contributed by atoms with E-state index in [4.69, 9.17) is 21.7 Å². The SMILES string of the molecule is Nc1cc(C(N)CCO)c(O)cc1C(=O)O. The lowest BCUT2D eigenvalue weighted by Gasteiger charge is -2.14.